The minimum absolute atomic E-state index is 0.00181. The van der Waals surface area contributed by atoms with Crippen LogP contribution in [0.2, 0.25) is 0 Å². The summed E-state index contributed by atoms with van der Waals surface area (Å²) < 4.78 is 4.92. The van der Waals surface area contributed by atoms with Crippen LogP contribution >= 0.6 is 27.7 Å². The molecule has 1 N–H and O–H groups in total. The zero-order valence-electron chi connectivity index (χ0n) is 20.9. The third-order valence-corrected chi connectivity index (χ3v) is 10.7. The molecule has 3 aliphatic heterocycles. The standard InChI is InChI=1S/C26H39BrN2O5S/c1-5-8-10-11-14-34-25(33)19-20-23(31)29(17(4)16-30)22(26(20)15-18(27)21(19)35-26)24(32)28(12-7-3)13-9-6-2/h5,7,17-22,30H,1,3,6,8-16H2,2,4H3/t17-,18?,19-,20+,21-,22?,26?/m1/s1. The van der Waals surface area contributed by atoms with E-state index in [-0.39, 0.29) is 34.5 Å². The number of unbranched alkanes of at least 4 members (excludes halogenated alkanes) is 3. The van der Waals surface area contributed by atoms with Gasteiger partial charge in [-0.2, -0.15) is 0 Å². The highest BCUT2D eigenvalue weighted by atomic mass is 79.9. The van der Waals surface area contributed by atoms with Crippen molar-refractivity contribution in [3.63, 3.8) is 0 Å². The highest BCUT2D eigenvalue weighted by molar-refractivity contribution is 9.09. The van der Waals surface area contributed by atoms with Gasteiger partial charge in [0.1, 0.15) is 6.04 Å². The van der Waals surface area contributed by atoms with E-state index in [9.17, 15) is 19.5 Å². The van der Waals surface area contributed by atoms with E-state index in [2.05, 4.69) is 36.0 Å². The van der Waals surface area contributed by atoms with Crippen molar-refractivity contribution in [2.45, 2.75) is 79.3 Å². The van der Waals surface area contributed by atoms with Gasteiger partial charge in [0.05, 0.1) is 35.8 Å². The summed E-state index contributed by atoms with van der Waals surface area (Å²) in [6.07, 6.45) is 8.45. The average molecular weight is 572 g/mol. The number of nitrogens with zero attached hydrogens (tertiary/aromatic N) is 2. The summed E-state index contributed by atoms with van der Waals surface area (Å²) in [6, 6.07) is -1.27. The van der Waals surface area contributed by atoms with Gasteiger partial charge in [0.2, 0.25) is 11.8 Å². The summed E-state index contributed by atoms with van der Waals surface area (Å²) in [5, 5.41) is 9.86. The first-order chi connectivity index (χ1) is 16.8. The molecule has 0 saturated carbocycles. The summed E-state index contributed by atoms with van der Waals surface area (Å²) >= 11 is 5.35. The lowest BCUT2D eigenvalue weighted by Crippen LogP contribution is -2.57. The Kier molecular flexibility index (Phi) is 9.91. The molecule has 0 radical (unpaired) electrons. The van der Waals surface area contributed by atoms with Crippen LogP contribution in [0.1, 0.15) is 52.4 Å². The Balaban J connectivity index is 1.93. The zero-order valence-corrected chi connectivity index (χ0v) is 23.3. The molecule has 3 fully saturated rings. The number of halogens is 1. The van der Waals surface area contributed by atoms with E-state index >= 15 is 0 Å². The molecule has 3 unspecified atom stereocenters. The molecule has 3 rings (SSSR count). The van der Waals surface area contributed by atoms with Crippen molar-refractivity contribution >= 4 is 45.5 Å². The minimum Gasteiger partial charge on any atom is -0.465 e. The maximum absolute atomic E-state index is 14.0. The fourth-order valence-electron chi connectivity index (χ4n) is 5.81. The molecule has 1 spiro atoms. The maximum atomic E-state index is 14.0. The molecule has 7 nitrogen and oxygen atoms in total. The number of fused-ring (bicyclic) bond motifs is 1. The number of hydrogen-bond acceptors (Lipinski definition) is 6. The normalized spacial score (nSPS) is 31.8. The molecule has 0 aromatic rings. The van der Waals surface area contributed by atoms with Crippen LogP contribution in [0.3, 0.4) is 0 Å². The Morgan fingerprint density at radius 3 is 2.71 bits per heavy atom. The average Bonchev–Trinajstić information content (AvgIpc) is 3.44. The van der Waals surface area contributed by atoms with Gasteiger partial charge in [0, 0.05) is 23.2 Å². The van der Waals surface area contributed by atoms with Crippen LogP contribution in [0.5, 0.6) is 0 Å². The van der Waals surface area contributed by atoms with Crippen molar-refractivity contribution in [3.05, 3.63) is 25.3 Å². The van der Waals surface area contributed by atoms with Gasteiger partial charge < -0.3 is 19.6 Å². The van der Waals surface area contributed by atoms with Crippen LogP contribution in [0.15, 0.2) is 25.3 Å². The third-order valence-electron chi connectivity index (χ3n) is 7.46. The molecule has 0 aliphatic carbocycles. The first-order valence-electron chi connectivity index (χ1n) is 12.7. The number of rotatable bonds is 14. The van der Waals surface area contributed by atoms with E-state index in [0.29, 0.717) is 26.1 Å². The highest BCUT2D eigenvalue weighted by Crippen LogP contribution is 2.68. The molecular formula is C26H39BrN2O5S. The predicted molar refractivity (Wildman–Crippen MR) is 142 cm³/mol. The summed E-state index contributed by atoms with van der Waals surface area (Å²) in [6.45, 7) is 12.4. The first-order valence-corrected chi connectivity index (χ1v) is 14.5. The van der Waals surface area contributed by atoms with Crippen LogP contribution in [-0.2, 0) is 19.1 Å². The smallest absolute Gasteiger partial charge is 0.310 e. The number of alkyl halides is 1. The molecule has 0 aromatic carbocycles. The quantitative estimate of drug-likeness (QED) is 0.149. The number of carbonyl (C=O) groups is 3. The van der Waals surface area contributed by atoms with Crippen LogP contribution in [-0.4, -0.2) is 85.9 Å². The molecule has 9 heteroatoms. The van der Waals surface area contributed by atoms with Crippen molar-refractivity contribution < 1.29 is 24.2 Å². The lowest BCUT2D eigenvalue weighted by Gasteiger charge is -2.39. The van der Waals surface area contributed by atoms with Crippen LogP contribution in [0.4, 0.5) is 0 Å². The molecule has 3 saturated heterocycles. The fraction of sp³-hybridized carbons (Fsp3) is 0.731. The van der Waals surface area contributed by atoms with E-state index in [0.717, 1.165) is 32.1 Å². The van der Waals surface area contributed by atoms with E-state index < -0.39 is 28.7 Å². The first kappa shape index (κ1) is 28.3. The maximum Gasteiger partial charge on any atom is 0.310 e. The van der Waals surface area contributed by atoms with Crippen molar-refractivity contribution in [1.29, 1.82) is 0 Å². The van der Waals surface area contributed by atoms with E-state index in [1.165, 1.54) is 0 Å². The number of aliphatic hydroxyl groups excluding tert-OH is 1. The number of carbonyl (C=O) groups excluding carboxylic acids is 3. The zero-order chi connectivity index (χ0) is 25.8. The molecule has 2 amide bonds. The second-order valence-electron chi connectivity index (χ2n) is 9.82. The predicted octanol–water partition coefficient (Wildman–Crippen LogP) is 3.55. The van der Waals surface area contributed by atoms with Crippen LogP contribution in [0.25, 0.3) is 0 Å². The fourth-order valence-corrected chi connectivity index (χ4v) is 9.39. The number of ether oxygens (including phenoxy) is 1. The van der Waals surface area contributed by atoms with Crippen molar-refractivity contribution in [1.82, 2.24) is 9.80 Å². The number of hydrogen-bond donors (Lipinski definition) is 1. The molecule has 0 aromatic heterocycles. The van der Waals surface area contributed by atoms with Gasteiger partial charge in [-0.1, -0.05) is 41.4 Å². The second kappa shape index (κ2) is 12.3. The van der Waals surface area contributed by atoms with Crippen molar-refractivity contribution in [3.8, 4) is 0 Å². The summed E-state index contributed by atoms with van der Waals surface area (Å²) in [7, 11) is 0. The van der Waals surface area contributed by atoms with Gasteiger partial charge in [-0.05, 0) is 39.0 Å². The summed E-state index contributed by atoms with van der Waals surface area (Å²) in [4.78, 5) is 44.6. The SMILES string of the molecule is C=CCCCCOC(=O)[C@H]1[C@@H]2SC3(CC2Br)C(C(=O)N(CC=C)CCCC)N([C@H](C)CO)C(=O)[C@H]13. The molecule has 35 heavy (non-hydrogen) atoms. The van der Waals surface area contributed by atoms with E-state index in [4.69, 9.17) is 4.74 Å². The van der Waals surface area contributed by atoms with Gasteiger partial charge in [0.15, 0.2) is 0 Å². The highest BCUT2D eigenvalue weighted by Gasteiger charge is 2.76. The Hall–Kier alpha value is -1.32. The van der Waals surface area contributed by atoms with Crippen LogP contribution < -0.4 is 0 Å². The number of aliphatic hydroxyl groups is 1. The third kappa shape index (κ3) is 5.23. The van der Waals surface area contributed by atoms with Gasteiger partial charge >= 0.3 is 5.97 Å². The lowest BCUT2D eigenvalue weighted by atomic mass is 9.71. The number of amides is 2. The monoisotopic (exact) mass is 570 g/mol. The van der Waals surface area contributed by atoms with E-state index in [1.54, 1.807) is 34.6 Å². The molecule has 2 bridgehead atoms. The van der Waals surface area contributed by atoms with Gasteiger partial charge in [-0.15, -0.1) is 24.9 Å². The molecule has 3 aliphatic rings. The number of esters is 1. The van der Waals surface area contributed by atoms with E-state index in [1.807, 2.05) is 6.08 Å². The minimum atomic E-state index is -0.737. The topological polar surface area (TPSA) is 87.2 Å². The largest absolute Gasteiger partial charge is 0.465 e. The van der Waals surface area contributed by atoms with Gasteiger partial charge in [-0.3, -0.25) is 14.4 Å². The van der Waals surface area contributed by atoms with Crippen LogP contribution in [0, 0.1) is 11.8 Å². The summed E-state index contributed by atoms with van der Waals surface area (Å²) in [5.74, 6) is -1.95. The second-order valence-corrected chi connectivity index (χ2v) is 12.5. The van der Waals surface area contributed by atoms with Gasteiger partial charge in [0.25, 0.3) is 0 Å². The number of likely N-dealkylation sites (tertiary alicyclic amines) is 1. The number of allylic oxidation sites excluding steroid dienone is 1. The molecule has 7 atom stereocenters. The Bertz CT molecular complexity index is 826. The molecule has 196 valence electrons. The summed E-state index contributed by atoms with van der Waals surface area (Å²) in [5.41, 5.74) is 0. The Labute approximate surface area is 221 Å². The molecule has 3 heterocycles. The lowest BCUT2D eigenvalue weighted by molar-refractivity contribution is -0.154. The van der Waals surface area contributed by atoms with Gasteiger partial charge in [-0.25, -0.2) is 0 Å². The number of thioether (sulfide) groups is 1. The Morgan fingerprint density at radius 1 is 1.34 bits per heavy atom. The van der Waals surface area contributed by atoms with Crippen molar-refractivity contribution in [2.75, 3.05) is 26.3 Å². The Morgan fingerprint density at radius 2 is 2.09 bits per heavy atom. The van der Waals surface area contributed by atoms with Crippen molar-refractivity contribution in [2.24, 2.45) is 11.8 Å². The molecular weight excluding hydrogens is 532 g/mol.